The van der Waals surface area contributed by atoms with Gasteiger partial charge in [0.15, 0.2) is 11.6 Å². The van der Waals surface area contributed by atoms with Gasteiger partial charge in [0.1, 0.15) is 6.10 Å². The van der Waals surface area contributed by atoms with Gasteiger partial charge in [0.05, 0.1) is 4.90 Å². The number of amides is 1. The predicted octanol–water partition coefficient (Wildman–Crippen LogP) is 3.40. The second kappa shape index (κ2) is 10.1. The number of aromatic nitrogens is 1. The fraction of sp³-hybridized carbons (Fsp3) is 0.478. The van der Waals surface area contributed by atoms with Gasteiger partial charge in [0.25, 0.3) is 0 Å². The maximum atomic E-state index is 13.5. The van der Waals surface area contributed by atoms with Crippen LogP contribution in [0.5, 0.6) is 5.88 Å². The summed E-state index contributed by atoms with van der Waals surface area (Å²) in [5.41, 5.74) is 0.802. The topological polar surface area (TPSA) is 88.6 Å². The van der Waals surface area contributed by atoms with Crippen molar-refractivity contribution < 1.29 is 26.7 Å². The van der Waals surface area contributed by atoms with Crippen molar-refractivity contribution in [3.63, 3.8) is 0 Å². The number of piperidine rings is 1. The molecule has 1 N–H and O–H groups in total. The normalized spacial score (nSPS) is 18.4. The predicted molar refractivity (Wildman–Crippen MR) is 117 cm³/mol. The van der Waals surface area contributed by atoms with Crippen molar-refractivity contribution in [1.82, 2.24) is 14.6 Å². The first-order valence-corrected chi connectivity index (χ1v) is 12.6. The zero-order valence-corrected chi connectivity index (χ0v) is 19.0. The molecule has 1 aromatic carbocycles. The molecule has 0 atom stereocenters. The molecular weight excluding hydrogens is 452 g/mol. The van der Waals surface area contributed by atoms with Gasteiger partial charge in [-0.15, -0.1) is 0 Å². The first-order chi connectivity index (χ1) is 15.8. The molecule has 1 aliphatic heterocycles. The number of benzene rings is 1. The molecule has 4 rings (SSSR count). The largest absolute Gasteiger partial charge is 0.474 e. The van der Waals surface area contributed by atoms with E-state index in [-0.39, 0.29) is 42.5 Å². The number of sulfonamides is 1. The molecule has 1 saturated heterocycles. The second-order valence-electron chi connectivity index (χ2n) is 8.46. The lowest BCUT2D eigenvalue weighted by molar-refractivity contribution is -0.126. The summed E-state index contributed by atoms with van der Waals surface area (Å²) in [5, 5.41) is 2.91. The van der Waals surface area contributed by atoms with Crippen molar-refractivity contribution in [2.75, 3.05) is 13.1 Å². The molecule has 2 aliphatic rings. The molecular formula is C23H27F2N3O4S. The fourth-order valence-electron chi connectivity index (χ4n) is 4.30. The Morgan fingerprint density at radius 3 is 2.52 bits per heavy atom. The van der Waals surface area contributed by atoms with Crippen molar-refractivity contribution in [2.24, 2.45) is 5.92 Å². The van der Waals surface area contributed by atoms with Crippen LogP contribution in [0.4, 0.5) is 8.78 Å². The van der Waals surface area contributed by atoms with Crippen molar-refractivity contribution in [3.05, 3.63) is 53.7 Å². The summed E-state index contributed by atoms with van der Waals surface area (Å²) in [6.45, 7) is 0.535. The molecule has 0 spiro atoms. The smallest absolute Gasteiger partial charge is 0.243 e. The SMILES string of the molecule is O=C(NCc1cccnc1OC1CCCC1)C1CCN(S(=O)(=O)c2ccc(F)c(F)c2)CC1. The molecule has 2 heterocycles. The summed E-state index contributed by atoms with van der Waals surface area (Å²) < 4.78 is 59.3. The van der Waals surface area contributed by atoms with E-state index in [1.54, 1.807) is 12.3 Å². The molecule has 2 aromatic rings. The number of ether oxygens (including phenoxy) is 1. The average molecular weight is 480 g/mol. The molecule has 1 aliphatic carbocycles. The summed E-state index contributed by atoms with van der Waals surface area (Å²) in [6.07, 6.45) is 6.82. The number of rotatable bonds is 7. The van der Waals surface area contributed by atoms with Crippen molar-refractivity contribution in [1.29, 1.82) is 0 Å². The van der Waals surface area contributed by atoms with E-state index >= 15 is 0 Å². The van der Waals surface area contributed by atoms with E-state index in [0.29, 0.717) is 24.8 Å². The first kappa shape index (κ1) is 23.6. The van der Waals surface area contributed by atoms with Crippen LogP contribution in [-0.2, 0) is 21.4 Å². The Kier molecular flexibility index (Phi) is 7.23. The van der Waals surface area contributed by atoms with Crippen LogP contribution in [0.2, 0.25) is 0 Å². The van der Waals surface area contributed by atoms with E-state index in [0.717, 1.165) is 43.4 Å². The highest BCUT2D eigenvalue weighted by Gasteiger charge is 2.32. The van der Waals surface area contributed by atoms with Crippen LogP contribution in [0.1, 0.15) is 44.1 Å². The lowest BCUT2D eigenvalue weighted by Crippen LogP contribution is -2.42. The van der Waals surface area contributed by atoms with Crippen LogP contribution in [-0.4, -0.2) is 42.8 Å². The maximum Gasteiger partial charge on any atom is 0.243 e. The zero-order valence-electron chi connectivity index (χ0n) is 18.2. The number of nitrogens with zero attached hydrogens (tertiary/aromatic N) is 2. The van der Waals surface area contributed by atoms with E-state index < -0.39 is 21.7 Å². The Morgan fingerprint density at radius 1 is 1.09 bits per heavy atom. The van der Waals surface area contributed by atoms with Gasteiger partial charge in [-0.05, 0) is 62.8 Å². The monoisotopic (exact) mass is 479 g/mol. The number of carbonyl (C=O) groups excluding carboxylic acids is 1. The molecule has 10 heteroatoms. The van der Waals surface area contributed by atoms with Gasteiger partial charge in [0, 0.05) is 37.3 Å². The third-order valence-electron chi connectivity index (χ3n) is 6.24. The van der Waals surface area contributed by atoms with E-state index in [9.17, 15) is 22.0 Å². The molecule has 0 unspecified atom stereocenters. The van der Waals surface area contributed by atoms with Crippen LogP contribution >= 0.6 is 0 Å². The standard InChI is InChI=1S/C23H27F2N3O4S/c24-20-8-7-19(14-21(20)25)33(30,31)28-12-9-16(10-13-28)22(29)27-15-17-4-3-11-26-23(17)32-18-5-1-2-6-18/h3-4,7-8,11,14,16,18H,1-2,5-6,9-10,12-13,15H2,(H,27,29). The van der Waals surface area contributed by atoms with E-state index in [1.807, 2.05) is 6.07 Å². The molecule has 0 bridgehead atoms. The van der Waals surface area contributed by atoms with Gasteiger partial charge < -0.3 is 10.1 Å². The van der Waals surface area contributed by atoms with Gasteiger partial charge >= 0.3 is 0 Å². The van der Waals surface area contributed by atoms with Crippen molar-refractivity contribution in [2.45, 2.75) is 56.1 Å². The van der Waals surface area contributed by atoms with E-state index in [1.165, 1.54) is 4.31 Å². The molecule has 7 nitrogen and oxygen atoms in total. The number of pyridine rings is 1. The third-order valence-corrected chi connectivity index (χ3v) is 8.13. The van der Waals surface area contributed by atoms with Gasteiger partial charge in [-0.2, -0.15) is 4.31 Å². The number of hydrogen-bond acceptors (Lipinski definition) is 5. The Hall–Kier alpha value is -2.59. The summed E-state index contributed by atoms with van der Waals surface area (Å²) in [5.74, 6) is -2.27. The quantitative estimate of drug-likeness (QED) is 0.658. The van der Waals surface area contributed by atoms with E-state index in [4.69, 9.17) is 4.74 Å². The highest BCUT2D eigenvalue weighted by atomic mass is 32.2. The minimum atomic E-state index is -3.95. The van der Waals surface area contributed by atoms with Gasteiger partial charge in [-0.1, -0.05) is 6.07 Å². The summed E-state index contributed by atoms with van der Waals surface area (Å²) in [4.78, 5) is 16.7. The van der Waals surface area contributed by atoms with Gasteiger partial charge in [-0.3, -0.25) is 4.79 Å². The van der Waals surface area contributed by atoms with Crippen LogP contribution in [0.15, 0.2) is 41.4 Å². The average Bonchev–Trinajstić information content (AvgIpc) is 3.33. The van der Waals surface area contributed by atoms with Crippen LogP contribution < -0.4 is 10.1 Å². The highest BCUT2D eigenvalue weighted by molar-refractivity contribution is 7.89. The lowest BCUT2D eigenvalue weighted by Gasteiger charge is -2.30. The summed E-state index contributed by atoms with van der Waals surface area (Å²) in [6, 6.07) is 6.19. The van der Waals surface area contributed by atoms with Crippen LogP contribution in [0.3, 0.4) is 0 Å². The van der Waals surface area contributed by atoms with Crippen LogP contribution in [0, 0.1) is 17.6 Å². The lowest BCUT2D eigenvalue weighted by atomic mass is 9.97. The minimum absolute atomic E-state index is 0.127. The number of halogens is 2. The van der Waals surface area contributed by atoms with Crippen molar-refractivity contribution >= 4 is 15.9 Å². The molecule has 1 amide bonds. The molecule has 33 heavy (non-hydrogen) atoms. The first-order valence-electron chi connectivity index (χ1n) is 11.2. The fourth-order valence-corrected chi connectivity index (χ4v) is 5.78. The molecule has 2 fully saturated rings. The number of nitrogens with one attached hydrogen (secondary N) is 1. The molecule has 0 radical (unpaired) electrons. The number of carbonyl (C=O) groups is 1. The van der Waals surface area contributed by atoms with Gasteiger partial charge in [-0.25, -0.2) is 22.2 Å². The highest BCUT2D eigenvalue weighted by Crippen LogP contribution is 2.27. The summed E-state index contributed by atoms with van der Waals surface area (Å²) in [7, 11) is -3.95. The molecule has 1 aromatic heterocycles. The maximum absolute atomic E-state index is 13.5. The van der Waals surface area contributed by atoms with Crippen LogP contribution in [0.25, 0.3) is 0 Å². The Morgan fingerprint density at radius 2 is 1.82 bits per heavy atom. The second-order valence-corrected chi connectivity index (χ2v) is 10.4. The Balaban J connectivity index is 1.31. The minimum Gasteiger partial charge on any atom is -0.474 e. The zero-order chi connectivity index (χ0) is 23.4. The Bertz CT molecular complexity index is 1100. The number of hydrogen-bond donors (Lipinski definition) is 1. The molecule has 1 saturated carbocycles. The van der Waals surface area contributed by atoms with Gasteiger partial charge in [0.2, 0.25) is 21.8 Å². The summed E-state index contributed by atoms with van der Waals surface area (Å²) >= 11 is 0. The Labute approximate surface area is 192 Å². The van der Waals surface area contributed by atoms with Crippen molar-refractivity contribution in [3.8, 4) is 5.88 Å². The third kappa shape index (κ3) is 5.50. The molecule has 178 valence electrons. The van der Waals surface area contributed by atoms with E-state index in [2.05, 4.69) is 10.3 Å².